The van der Waals surface area contributed by atoms with Crippen molar-refractivity contribution < 1.29 is 4.79 Å². The molecule has 7 heteroatoms. The summed E-state index contributed by atoms with van der Waals surface area (Å²) in [6, 6.07) is 7.83. The van der Waals surface area contributed by atoms with E-state index in [-0.39, 0.29) is 24.4 Å². The van der Waals surface area contributed by atoms with E-state index in [4.69, 9.17) is 5.73 Å². The molecule has 6 nitrogen and oxygen atoms in total. The van der Waals surface area contributed by atoms with Gasteiger partial charge in [0, 0.05) is 6.42 Å². The molecule has 0 saturated heterocycles. The molecule has 0 aliphatic heterocycles. The molecule has 114 valence electrons. The van der Waals surface area contributed by atoms with Gasteiger partial charge in [-0.25, -0.2) is 9.67 Å². The summed E-state index contributed by atoms with van der Waals surface area (Å²) in [6.45, 7) is 2.50. The second-order valence-electron chi connectivity index (χ2n) is 4.61. The van der Waals surface area contributed by atoms with Gasteiger partial charge in [0.25, 0.3) is 0 Å². The molecule has 0 bridgehead atoms. The average Bonchev–Trinajstić information content (AvgIpc) is 2.99. The normalized spacial score (nSPS) is 11.5. The van der Waals surface area contributed by atoms with E-state index >= 15 is 0 Å². The Bertz CT molecular complexity index is 541. The predicted octanol–water partition coefficient (Wildman–Crippen LogP) is 1.61. The number of benzene rings is 1. The number of nitrogens with one attached hydrogen (secondary N) is 1. The van der Waals surface area contributed by atoms with Crippen LogP contribution in [-0.2, 0) is 4.79 Å². The number of hydrogen-bond acceptors (Lipinski definition) is 4. The Hall–Kier alpha value is -1.92. The first-order valence-corrected chi connectivity index (χ1v) is 6.65. The van der Waals surface area contributed by atoms with Gasteiger partial charge in [0.2, 0.25) is 5.91 Å². The molecule has 1 heterocycles. The molecular formula is C14H20ClN5O. The minimum atomic E-state index is -0.0231. The molecule has 0 saturated carbocycles. The second-order valence-corrected chi connectivity index (χ2v) is 4.61. The lowest BCUT2D eigenvalue weighted by atomic mass is 10.1. The molecule has 0 spiro atoms. The first-order valence-electron chi connectivity index (χ1n) is 6.65. The van der Waals surface area contributed by atoms with Crippen LogP contribution in [0.4, 0.5) is 0 Å². The van der Waals surface area contributed by atoms with E-state index in [1.54, 1.807) is 11.0 Å². The maximum atomic E-state index is 11.7. The molecule has 1 unspecified atom stereocenters. The molecular weight excluding hydrogens is 290 g/mol. The Kier molecular flexibility index (Phi) is 6.84. The van der Waals surface area contributed by atoms with Gasteiger partial charge in [0.05, 0.1) is 11.7 Å². The van der Waals surface area contributed by atoms with Crippen LogP contribution < -0.4 is 11.1 Å². The van der Waals surface area contributed by atoms with Crippen molar-refractivity contribution in [3.8, 4) is 5.69 Å². The average molecular weight is 310 g/mol. The van der Waals surface area contributed by atoms with Crippen molar-refractivity contribution in [2.45, 2.75) is 25.8 Å². The molecule has 2 aromatic rings. The molecule has 1 aromatic heterocycles. The number of amides is 1. The molecule has 0 radical (unpaired) electrons. The Labute approximate surface area is 130 Å². The molecule has 1 amide bonds. The van der Waals surface area contributed by atoms with Crippen molar-refractivity contribution in [1.29, 1.82) is 0 Å². The summed E-state index contributed by atoms with van der Waals surface area (Å²) in [4.78, 5) is 15.6. The van der Waals surface area contributed by atoms with Crippen LogP contribution in [0.1, 0.15) is 31.4 Å². The van der Waals surface area contributed by atoms with Crippen LogP contribution in [0.3, 0.4) is 0 Å². The zero-order valence-corrected chi connectivity index (χ0v) is 12.7. The van der Waals surface area contributed by atoms with Gasteiger partial charge in [-0.05, 0) is 37.6 Å². The summed E-state index contributed by atoms with van der Waals surface area (Å²) in [6.07, 6.45) is 4.32. The molecule has 2 rings (SSSR count). The number of nitrogens with two attached hydrogens (primary N) is 1. The fraction of sp³-hybridized carbons (Fsp3) is 0.357. The Morgan fingerprint density at radius 1 is 1.38 bits per heavy atom. The van der Waals surface area contributed by atoms with Gasteiger partial charge in [0.1, 0.15) is 12.7 Å². The first-order chi connectivity index (χ1) is 9.70. The second kappa shape index (κ2) is 8.39. The monoisotopic (exact) mass is 309 g/mol. The van der Waals surface area contributed by atoms with Crippen molar-refractivity contribution in [3.63, 3.8) is 0 Å². The summed E-state index contributed by atoms with van der Waals surface area (Å²) in [5.74, 6) is 0.0308. The molecule has 1 atom stereocenters. The third kappa shape index (κ3) is 4.84. The number of halogens is 1. The molecule has 0 fully saturated rings. The highest BCUT2D eigenvalue weighted by Gasteiger charge is 2.09. The summed E-state index contributed by atoms with van der Waals surface area (Å²) >= 11 is 0. The van der Waals surface area contributed by atoms with Crippen LogP contribution in [0.25, 0.3) is 5.69 Å². The fourth-order valence-corrected chi connectivity index (χ4v) is 1.92. The largest absolute Gasteiger partial charge is 0.350 e. The van der Waals surface area contributed by atoms with E-state index in [0.717, 1.165) is 11.3 Å². The van der Waals surface area contributed by atoms with Crippen LogP contribution in [0.5, 0.6) is 0 Å². The molecule has 21 heavy (non-hydrogen) atoms. The van der Waals surface area contributed by atoms with E-state index in [9.17, 15) is 4.79 Å². The molecule has 0 aliphatic carbocycles. The third-order valence-electron chi connectivity index (χ3n) is 3.06. The van der Waals surface area contributed by atoms with Gasteiger partial charge in [0.15, 0.2) is 0 Å². The Morgan fingerprint density at radius 3 is 2.67 bits per heavy atom. The number of carbonyl (C=O) groups is 1. The van der Waals surface area contributed by atoms with Gasteiger partial charge in [-0.3, -0.25) is 4.79 Å². The highest BCUT2D eigenvalue weighted by Crippen LogP contribution is 2.15. The van der Waals surface area contributed by atoms with Gasteiger partial charge in [-0.1, -0.05) is 12.1 Å². The molecule has 0 aliphatic rings. The summed E-state index contributed by atoms with van der Waals surface area (Å²) in [5, 5.41) is 7.02. The SMILES string of the molecule is CC(NC(=O)CCCN)c1ccc(-n2cncn2)cc1.Cl. The third-order valence-corrected chi connectivity index (χ3v) is 3.06. The van der Waals surface area contributed by atoms with Gasteiger partial charge in [-0.15, -0.1) is 12.4 Å². The summed E-state index contributed by atoms with van der Waals surface area (Å²) < 4.78 is 1.69. The predicted molar refractivity (Wildman–Crippen MR) is 83.5 cm³/mol. The lowest BCUT2D eigenvalue weighted by Crippen LogP contribution is -2.26. The topological polar surface area (TPSA) is 85.8 Å². The number of nitrogens with zero attached hydrogens (tertiary/aromatic N) is 3. The Morgan fingerprint density at radius 2 is 2.10 bits per heavy atom. The first kappa shape index (κ1) is 17.1. The lowest BCUT2D eigenvalue weighted by molar-refractivity contribution is -0.121. The van der Waals surface area contributed by atoms with Gasteiger partial charge >= 0.3 is 0 Å². The van der Waals surface area contributed by atoms with Crippen LogP contribution in [0.2, 0.25) is 0 Å². The van der Waals surface area contributed by atoms with Crippen LogP contribution in [-0.4, -0.2) is 27.2 Å². The maximum absolute atomic E-state index is 11.7. The van der Waals surface area contributed by atoms with E-state index in [0.29, 0.717) is 19.4 Å². The minimum absolute atomic E-state index is 0. The highest BCUT2D eigenvalue weighted by atomic mass is 35.5. The van der Waals surface area contributed by atoms with E-state index in [1.165, 1.54) is 6.33 Å². The standard InChI is InChI=1S/C14H19N5O.ClH/c1-11(18-14(20)3-2-8-15)12-4-6-13(7-5-12)19-10-16-9-17-19;/h4-7,9-11H,2-3,8,15H2,1H3,(H,18,20);1H. The zero-order valence-electron chi connectivity index (χ0n) is 11.9. The Balaban J connectivity index is 0.00000220. The smallest absolute Gasteiger partial charge is 0.220 e. The van der Waals surface area contributed by atoms with Crippen molar-refractivity contribution in [1.82, 2.24) is 20.1 Å². The number of rotatable bonds is 6. The van der Waals surface area contributed by atoms with Crippen molar-refractivity contribution >= 4 is 18.3 Å². The quantitative estimate of drug-likeness (QED) is 0.848. The van der Waals surface area contributed by atoms with Crippen molar-refractivity contribution in [2.75, 3.05) is 6.54 Å². The van der Waals surface area contributed by atoms with Crippen molar-refractivity contribution in [2.24, 2.45) is 5.73 Å². The molecule has 1 aromatic carbocycles. The van der Waals surface area contributed by atoms with Gasteiger partial charge < -0.3 is 11.1 Å². The number of hydrogen-bond donors (Lipinski definition) is 2. The minimum Gasteiger partial charge on any atom is -0.350 e. The van der Waals surface area contributed by atoms with Crippen LogP contribution in [0.15, 0.2) is 36.9 Å². The lowest BCUT2D eigenvalue weighted by Gasteiger charge is -2.14. The van der Waals surface area contributed by atoms with Crippen LogP contribution in [0, 0.1) is 0 Å². The zero-order chi connectivity index (χ0) is 14.4. The van der Waals surface area contributed by atoms with Crippen molar-refractivity contribution in [3.05, 3.63) is 42.5 Å². The van der Waals surface area contributed by atoms with Crippen LogP contribution >= 0.6 is 12.4 Å². The highest BCUT2D eigenvalue weighted by molar-refractivity contribution is 5.85. The summed E-state index contributed by atoms with van der Waals surface area (Å²) in [7, 11) is 0. The maximum Gasteiger partial charge on any atom is 0.220 e. The van der Waals surface area contributed by atoms with Gasteiger partial charge in [-0.2, -0.15) is 5.10 Å². The van der Waals surface area contributed by atoms with E-state index in [1.807, 2.05) is 31.2 Å². The number of aromatic nitrogens is 3. The van der Waals surface area contributed by atoms with E-state index in [2.05, 4.69) is 15.4 Å². The summed E-state index contributed by atoms with van der Waals surface area (Å²) in [5.41, 5.74) is 7.38. The molecule has 3 N–H and O–H groups in total. The van der Waals surface area contributed by atoms with E-state index < -0.39 is 0 Å². The number of carbonyl (C=O) groups excluding carboxylic acids is 1. The fourth-order valence-electron chi connectivity index (χ4n) is 1.92.